The summed E-state index contributed by atoms with van der Waals surface area (Å²) < 4.78 is 0. The minimum Gasteiger partial charge on any atom is -0.310 e. The van der Waals surface area contributed by atoms with Gasteiger partial charge in [0.2, 0.25) is 5.91 Å². The molecule has 1 atom stereocenters. The third kappa shape index (κ3) is 4.08. The van der Waals surface area contributed by atoms with E-state index in [1.807, 2.05) is 18.2 Å². The van der Waals surface area contributed by atoms with Crippen LogP contribution in [-0.4, -0.2) is 54.5 Å². The third-order valence-electron chi connectivity index (χ3n) is 6.24. The quantitative estimate of drug-likeness (QED) is 0.801. The van der Waals surface area contributed by atoms with E-state index in [0.717, 1.165) is 50.0 Å². The van der Waals surface area contributed by atoms with Crippen LogP contribution in [0.5, 0.6) is 0 Å². The van der Waals surface area contributed by atoms with Gasteiger partial charge in [-0.2, -0.15) is 0 Å². The molecule has 3 aliphatic heterocycles. The summed E-state index contributed by atoms with van der Waals surface area (Å²) in [6.07, 6.45) is 8.26. The molecule has 4 nitrogen and oxygen atoms in total. The topological polar surface area (TPSA) is 26.8 Å². The lowest BCUT2D eigenvalue weighted by Crippen LogP contribution is -2.41. The number of nitrogens with zero attached hydrogens (tertiary/aromatic N) is 3. The van der Waals surface area contributed by atoms with Crippen molar-refractivity contribution in [3.05, 3.63) is 28.8 Å². The fourth-order valence-electron chi connectivity index (χ4n) is 4.77. The first-order chi connectivity index (χ1) is 12.7. The molecule has 1 amide bonds. The first-order valence-corrected chi connectivity index (χ1v) is 10.6. The van der Waals surface area contributed by atoms with Crippen molar-refractivity contribution in [1.29, 1.82) is 0 Å². The van der Waals surface area contributed by atoms with Gasteiger partial charge in [0.25, 0.3) is 0 Å². The van der Waals surface area contributed by atoms with Crippen LogP contribution < -0.4 is 4.90 Å². The number of fused-ring (bicyclic) bond motifs is 2. The SMILES string of the molecule is O=C(CCN1CCCCCC1)N1CC2CCCN2Cc2cc(Cl)ccc21. The van der Waals surface area contributed by atoms with Crippen LogP contribution >= 0.6 is 11.6 Å². The molecular weight excluding hydrogens is 346 g/mol. The van der Waals surface area contributed by atoms with Crippen molar-refractivity contribution >= 4 is 23.2 Å². The maximum absolute atomic E-state index is 13.2. The molecule has 0 aliphatic carbocycles. The zero-order valence-corrected chi connectivity index (χ0v) is 16.4. The minimum atomic E-state index is 0.270. The van der Waals surface area contributed by atoms with Crippen LogP contribution in [0.25, 0.3) is 0 Å². The molecular formula is C21H30ClN3O. The molecule has 0 bridgehead atoms. The molecule has 2 fully saturated rings. The Morgan fingerprint density at radius 2 is 1.88 bits per heavy atom. The summed E-state index contributed by atoms with van der Waals surface area (Å²) in [5, 5.41) is 0.762. The van der Waals surface area contributed by atoms with Crippen LogP contribution in [0.15, 0.2) is 18.2 Å². The van der Waals surface area contributed by atoms with Gasteiger partial charge >= 0.3 is 0 Å². The Labute approximate surface area is 162 Å². The second-order valence-electron chi connectivity index (χ2n) is 8.05. The number of halogens is 1. The fraction of sp³-hybridized carbons (Fsp3) is 0.667. The predicted molar refractivity (Wildman–Crippen MR) is 107 cm³/mol. The summed E-state index contributed by atoms with van der Waals surface area (Å²) >= 11 is 6.25. The molecule has 142 valence electrons. The van der Waals surface area contributed by atoms with Crippen LogP contribution in [0.1, 0.15) is 50.5 Å². The average molecular weight is 376 g/mol. The van der Waals surface area contributed by atoms with E-state index in [0.29, 0.717) is 12.5 Å². The second kappa shape index (κ2) is 8.28. The molecule has 0 saturated carbocycles. The van der Waals surface area contributed by atoms with Gasteiger partial charge in [-0.25, -0.2) is 0 Å². The van der Waals surface area contributed by atoms with Crippen LogP contribution in [0.2, 0.25) is 5.02 Å². The number of benzene rings is 1. The molecule has 0 radical (unpaired) electrons. The lowest BCUT2D eigenvalue weighted by molar-refractivity contribution is -0.119. The molecule has 0 N–H and O–H groups in total. The Hall–Kier alpha value is -1.10. The molecule has 0 aromatic heterocycles. The highest BCUT2D eigenvalue weighted by atomic mass is 35.5. The summed E-state index contributed by atoms with van der Waals surface area (Å²) in [6, 6.07) is 6.51. The number of carbonyl (C=O) groups excluding carboxylic acids is 1. The molecule has 1 aromatic rings. The van der Waals surface area contributed by atoms with E-state index in [4.69, 9.17) is 11.6 Å². The molecule has 2 saturated heterocycles. The predicted octanol–water partition coefficient (Wildman–Crippen LogP) is 3.92. The van der Waals surface area contributed by atoms with Crippen molar-refractivity contribution < 1.29 is 4.79 Å². The first-order valence-electron chi connectivity index (χ1n) is 10.3. The summed E-state index contributed by atoms with van der Waals surface area (Å²) in [5.74, 6) is 0.270. The highest BCUT2D eigenvalue weighted by molar-refractivity contribution is 6.30. The van der Waals surface area contributed by atoms with Crippen LogP contribution in [0.4, 0.5) is 5.69 Å². The lowest BCUT2D eigenvalue weighted by atomic mass is 10.1. The van der Waals surface area contributed by atoms with Crippen molar-refractivity contribution in [2.75, 3.05) is 37.6 Å². The van der Waals surface area contributed by atoms with Gasteiger partial charge in [0.1, 0.15) is 0 Å². The third-order valence-corrected chi connectivity index (χ3v) is 6.47. The monoisotopic (exact) mass is 375 g/mol. The zero-order chi connectivity index (χ0) is 17.9. The van der Waals surface area contributed by atoms with E-state index >= 15 is 0 Å². The van der Waals surface area contributed by atoms with Crippen molar-refractivity contribution in [2.45, 2.75) is 57.5 Å². The minimum absolute atomic E-state index is 0.270. The van der Waals surface area contributed by atoms with E-state index in [2.05, 4.69) is 14.7 Å². The van der Waals surface area contributed by atoms with Crippen molar-refractivity contribution in [2.24, 2.45) is 0 Å². The van der Waals surface area contributed by atoms with E-state index in [9.17, 15) is 4.79 Å². The number of carbonyl (C=O) groups is 1. The summed E-state index contributed by atoms with van der Waals surface area (Å²) in [4.78, 5) is 20.2. The summed E-state index contributed by atoms with van der Waals surface area (Å²) in [6.45, 7) is 6.06. The Morgan fingerprint density at radius 3 is 2.69 bits per heavy atom. The van der Waals surface area contributed by atoms with Gasteiger partial charge in [0.05, 0.1) is 0 Å². The van der Waals surface area contributed by atoms with Crippen molar-refractivity contribution in [3.8, 4) is 0 Å². The highest BCUT2D eigenvalue weighted by Crippen LogP contribution is 2.33. The van der Waals surface area contributed by atoms with Gasteiger partial charge < -0.3 is 9.80 Å². The first kappa shape index (κ1) is 18.3. The standard InChI is InChI=1S/C21H30ClN3O/c22-18-7-8-20-17(14-18)15-24-12-5-6-19(24)16-25(20)21(26)9-13-23-10-3-1-2-4-11-23/h7-8,14,19H,1-6,9-13,15-16H2. The Morgan fingerprint density at radius 1 is 1.08 bits per heavy atom. The van der Waals surface area contributed by atoms with Crippen LogP contribution in [-0.2, 0) is 11.3 Å². The molecule has 1 aromatic carbocycles. The molecule has 0 spiro atoms. The van der Waals surface area contributed by atoms with Gasteiger partial charge in [0, 0.05) is 42.8 Å². The largest absolute Gasteiger partial charge is 0.310 e. The molecule has 3 heterocycles. The number of hydrogen-bond acceptors (Lipinski definition) is 3. The molecule has 4 rings (SSSR count). The van der Waals surface area contributed by atoms with Gasteiger partial charge in [-0.1, -0.05) is 24.4 Å². The van der Waals surface area contributed by atoms with E-state index in [-0.39, 0.29) is 5.91 Å². The Kier molecular flexibility index (Phi) is 5.82. The van der Waals surface area contributed by atoms with Crippen molar-refractivity contribution in [1.82, 2.24) is 9.80 Å². The maximum Gasteiger partial charge on any atom is 0.228 e. The van der Waals surface area contributed by atoms with E-state index < -0.39 is 0 Å². The van der Waals surface area contributed by atoms with Crippen molar-refractivity contribution in [3.63, 3.8) is 0 Å². The summed E-state index contributed by atoms with van der Waals surface area (Å²) in [5.41, 5.74) is 2.27. The zero-order valence-electron chi connectivity index (χ0n) is 15.6. The fourth-order valence-corrected chi connectivity index (χ4v) is 4.96. The summed E-state index contributed by atoms with van der Waals surface area (Å²) in [7, 11) is 0. The Balaban J connectivity index is 1.49. The number of amides is 1. The average Bonchev–Trinajstić information content (AvgIpc) is 2.84. The molecule has 3 aliphatic rings. The normalized spacial score (nSPS) is 24.7. The smallest absolute Gasteiger partial charge is 0.228 e. The van der Waals surface area contributed by atoms with Crippen LogP contribution in [0.3, 0.4) is 0 Å². The van der Waals surface area contributed by atoms with Gasteiger partial charge in [-0.15, -0.1) is 0 Å². The number of rotatable bonds is 3. The molecule has 26 heavy (non-hydrogen) atoms. The van der Waals surface area contributed by atoms with Gasteiger partial charge in [-0.05, 0) is 69.1 Å². The number of likely N-dealkylation sites (tertiary alicyclic amines) is 1. The van der Waals surface area contributed by atoms with Gasteiger partial charge in [-0.3, -0.25) is 9.69 Å². The second-order valence-corrected chi connectivity index (χ2v) is 8.49. The van der Waals surface area contributed by atoms with Crippen LogP contribution in [0, 0.1) is 0 Å². The molecule has 5 heteroatoms. The Bertz CT molecular complexity index is 642. The maximum atomic E-state index is 13.2. The van der Waals surface area contributed by atoms with Gasteiger partial charge in [0.15, 0.2) is 0 Å². The number of hydrogen-bond donors (Lipinski definition) is 0. The highest BCUT2D eigenvalue weighted by Gasteiger charge is 2.33. The van der Waals surface area contributed by atoms with E-state index in [1.54, 1.807) is 0 Å². The number of anilines is 1. The van der Waals surface area contributed by atoms with E-state index in [1.165, 1.54) is 44.1 Å². The molecule has 1 unspecified atom stereocenters. The lowest BCUT2D eigenvalue weighted by Gasteiger charge is -2.28.